The molecule has 8 nitrogen and oxygen atoms in total. The Morgan fingerprint density at radius 3 is 2.36 bits per heavy atom. The molecule has 1 aliphatic heterocycles. The molecule has 2 aromatic carbocycles. The van der Waals surface area contributed by atoms with E-state index in [9.17, 15) is 14.7 Å². The molecule has 0 saturated carbocycles. The Morgan fingerprint density at radius 2 is 1.69 bits per heavy atom. The summed E-state index contributed by atoms with van der Waals surface area (Å²) < 4.78 is 21.5. The van der Waals surface area contributed by atoms with Gasteiger partial charge in [-0.3, -0.25) is 4.79 Å². The number of allylic oxidation sites excluding steroid dienone is 3. The summed E-state index contributed by atoms with van der Waals surface area (Å²) in [4.78, 5) is 26.6. The topological polar surface area (TPSA) is 103 Å². The molecule has 4 rings (SSSR count). The molecular weight excluding hydrogens is 462 g/mol. The van der Waals surface area contributed by atoms with Crippen LogP contribution in [0.1, 0.15) is 49.7 Å². The molecule has 0 bridgehead atoms. The van der Waals surface area contributed by atoms with Gasteiger partial charge in [0.2, 0.25) is 0 Å². The molecular formula is C28H31NO7. The number of methoxy groups -OCH3 is 3. The smallest absolute Gasteiger partial charge is 0.336 e. The lowest BCUT2D eigenvalue weighted by molar-refractivity contribution is -0.136. The lowest BCUT2D eigenvalue weighted by atomic mass is 9.71. The Hall–Kier alpha value is -3.94. The summed E-state index contributed by atoms with van der Waals surface area (Å²) in [6.07, 6.45) is 0.853. The first-order chi connectivity index (χ1) is 17.3. The maximum absolute atomic E-state index is 13.7. The highest BCUT2D eigenvalue weighted by molar-refractivity contribution is 6.04. The second kappa shape index (κ2) is 10.4. The number of nitrogens with one attached hydrogen (secondary N) is 1. The molecule has 0 unspecified atom stereocenters. The zero-order valence-electron chi connectivity index (χ0n) is 21.1. The fourth-order valence-corrected chi connectivity index (χ4v) is 5.08. The molecule has 0 amide bonds. The van der Waals surface area contributed by atoms with Gasteiger partial charge in [0, 0.05) is 29.3 Å². The van der Waals surface area contributed by atoms with E-state index in [-0.39, 0.29) is 23.9 Å². The van der Waals surface area contributed by atoms with E-state index >= 15 is 0 Å². The fourth-order valence-electron chi connectivity index (χ4n) is 5.08. The zero-order valence-corrected chi connectivity index (χ0v) is 21.1. The van der Waals surface area contributed by atoms with Gasteiger partial charge in [0.25, 0.3) is 0 Å². The van der Waals surface area contributed by atoms with Crippen molar-refractivity contribution in [2.45, 2.75) is 38.5 Å². The third-order valence-electron chi connectivity index (χ3n) is 6.73. The fraction of sp³-hybridized carbons (Fsp3) is 0.357. The van der Waals surface area contributed by atoms with Crippen molar-refractivity contribution >= 4 is 11.8 Å². The molecule has 0 saturated heterocycles. The van der Waals surface area contributed by atoms with Gasteiger partial charge in [-0.15, -0.1) is 0 Å². The molecule has 2 N–H and O–H groups in total. The third kappa shape index (κ3) is 4.51. The highest BCUT2D eigenvalue weighted by atomic mass is 16.5. The number of hydrogen-bond acceptors (Lipinski definition) is 8. The largest absolute Gasteiger partial charge is 0.504 e. The van der Waals surface area contributed by atoms with Gasteiger partial charge in [0.05, 0.1) is 33.5 Å². The SMILES string of the molecule is CCOc1cc([C@H]2C(C(=O)OC)=C(C)NC3=C2C(=O)C[C@H](c2ccc(OC)c(OC)c2)C3)ccc1O. The lowest BCUT2D eigenvalue weighted by Gasteiger charge is -2.36. The number of ketones is 1. The minimum Gasteiger partial charge on any atom is -0.504 e. The number of esters is 1. The molecule has 0 aromatic heterocycles. The van der Waals surface area contributed by atoms with Gasteiger partial charge >= 0.3 is 5.97 Å². The molecule has 0 spiro atoms. The van der Waals surface area contributed by atoms with Crippen LogP contribution in [0.2, 0.25) is 0 Å². The number of phenols is 1. The van der Waals surface area contributed by atoms with Gasteiger partial charge in [-0.2, -0.15) is 0 Å². The van der Waals surface area contributed by atoms with Crippen LogP contribution >= 0.6 is 0 Å². The maximum atomic E-state index is 13.7. The molecule has 36 heavy (non-hydrogen) atoms. The normalized spacial score (nSPS) is 19.4. The minimum absolute atomic E-state index is 0.00690. The highest BCUT2D eigenvalue weighted by Gasteiger charge is 2.41. The molecule has 0 radical (unpaired) electrons. The Bertz CT molecular complexity index is 1260. The van der Waals surface area contributed by atoms with E-state index in [0.717, 1.165) is 11.3 Å². The number of Topliss-reactive ketones (excluding diaryl/α,β-unsaturated/α-hetero) is 1. The van der Waals surface area contributed by atoms with E-state index in [2.05, 4.69) is 5.32 Å². The first-order valence-corrected chi connectivity index (χ1v) is 11.8. The Labute approximate surface area is 210 Å². The van der Waals surface area contributed by atoms with E-state index in [1.807, 2.05) is 25.1 Å². The van der Waals surface area contributed by atoms with Crippen LogP contribution < -0.4 is 19.5 Å². The van der Waals surface area contributed by atoms with Crippen molar-refractivity contribution in [2.75, 3.05) is 27.9 Å². The van der Waals surface area contributed by atoms with Crippen LogP contribution in [-0.4, -0.2) is 44.8 Å². The van der Waals surface area contributed by atoms with Gasteiger partial charge < -0.3 is 29.4 Å². The monoisotopic (exact) mass is 493 g/mol. The first kappa shape index (κ1) is 25.2. The van der Waals surface area contributed by atoms with Crippen LogP contribution in [0.5, 0.6) is 23.0 Å². The summed E-state index contributed by atoms with van der Waals surface area (Å²) in [5.74, 6) is 0.219. The van der Waals surface area contributed by atoms with Crippen molar-refractivity contribution in [3.8, 4) is 23.0 Å². The van der Waals surface area contributed by atoms with Crippen molar-refractivity contribution in [3.05, 3.63) is 70.1 Å². The molecule has 2 aliphatic rings. The number of aromatic hydroxyl groups is 1. The predicted octanol–water partition coefficient (Wildman–Crippen LogP) is 4.34. The lowest BCUT2D eigenvalue weighted by Crippen LogP contribution is -2.36. The van der Waals surface area contributed by atoms with Crippen LogP contribution in [0.4, 0.5) is 0 Å². The van der Waals surface area contributed by atoms with Gasteiger partial charge in [-0.25, -0.2) is 4.79 Å². The van der Waals surface area contributed by atoms with Crippen molar-refractivity contribution in [1.82, 2.24) is 5.32 Å². The van der Waals surface area contributed by atoms with E-state index in [1.54, 1.807) is 33.3 Å². The van der Waals surface area contributed by atoms with Gasteiger partial charge in [0.15, 0.2) is 28.8 Å². The van der Waals surface area contributed by atoms with E-state index < -0.39 is 11.9 Å². The molecule has 2 aromatic rings. The standard InChI is InChI=1S/C28H31NO7/c1-6-36-23-14-17(7-9-20(23)30)26-25(28(32)35-5)15(2)29-19-11-18(12-21(31)27(19)26)16-8-10-22(33-3)24(13-16)34-4/h7-10,13-14,18,26,29-30H,6,11-12H2,1-5H3/t18-,26+/m1/s1. The highest BCUT2D eigenvalue weighted by Crippen LogP contribution is 2.47. The van der Waals surface area contributed by atoms with Crippen molar-refractivity contribution in [1.29, 1.82) is 0 Å². The van der Waals surface area contributed by atoms with Crippen molar-refractivity contribution in [2.24, 2.45) is 0 Å². The molecule has 1 aliphatic carbocycles. The number of hydrogen-bond donors (Lipinski definition) is 2. The summed E-state index contributed by atoms with van der Waals surface area (Å²) >= 11 is 0. The molecule has 1 heterocycles. The number of carbonyl (C=O) groups excluding carboxylic acids is 2. The van der Waals surface area contributed by atoms with Crippen LogP contribution in [-0.2, 0) is 14.3 Å². The van der Waals surface area contributed by atoms with Gasteiger partial charge in [0.1, 0.15) is 0 Å². The van der Waals surface area contributed by atoms with Gasteiger partial charge in [-0.1, -0.05) is 12.1 Å². The summed E-state index contributed by atoms with van der Waals surface area (Å²) in [5, 5.41) is 13.5. The van der Waals surface area contributed by atoms with E-state index in [0.29, 0.717) is 52.7 Å². The molecule has 8 heteroatoms. The number of benzene rings is 2. The summed E-state index contributed by atoms with van der Waals surface area (Å²) in [5.41, 5.74) is 3.93. The van der Waals surface area contributed by atoms with E-state index in [4.69, 9.17) is 18.9 Å². The predicted molar refractivity (Wildman–Crippen MR) is 133 cm³/mol. The first-order valence-electron chi connectivity index (χ1n) is 11.8. The number of rotatable bonds is 7. The minimum atomic E-state index is -0.646. The van der Waals surface area contributed by atoms with Crippen LogP contribution in [0.3, 0.4) is 0 Å². The Morgan fingerprint density at radius 1 is 1.00 bits per heavy atom. The van der Waals surface area contributed by atoms with Gasteiger partial charge in [-0.05, 0) is 61.6 Å². The summed E-state index contributed by atoms with van der Waals surface area (Å²) in [6.45, 7) is 3.99. The third-order valence-corrected chi connectivity index (χ3v) is 6.73. The average Bonchev–Trinajstić information content (AvgIpc) is 2.88. The van der Waals surface area contributed by atoms with Crippen molar-refractivity contribution in [3.63, 3.8) is 0 Å². The Balaban J connectivity index is 1.80. The molecule has 0 fully saturated rings. The number of phenolic OH excluding ortho intramolecular Hbond substituents is 1. The molecule has 190 valence electrons. The van der Waals surface area contributed by atoms with Crippen LogP contribution in [0, 0.1) is 0 Å². The average molecular weight is 494 g/mol. The number of ether oxygens (including phenoxy) is 4. The van der Waals surface area contributed by atoms with Crippen LogP contribution in [0.25, 0.3) is 0 Å². The number of dihydropyridines is 1. The van der Waals surface area contributed by atoms with Crippen LogP contribution in [0.15, 0.2) is 58.9 Å². The second-order valence-corrected chi connectivity index (χ2v) is 8.78. The summed E-state index contributed by atoms with van der Waals surface area (Å²) in [6, 6.07) is 10.6. The second-order valence-electron chi connectivity index (χ2n) is 8.78. The quantitative estimate of drug-likeness (QED) is 0.549. The summed E-state index contributed by atoms with van der Waals surface area (Å²) in [7, 11) is 4.49. The number of carbonyl (C=O) groups is 2. The maximum Gasteiger partial charge on any atom is 0.336 e. The zero-order chi connectivity index (χ0) is 26.0. The van der Waals surface area contributed by atoms with E-state index in [1.165, 1.54) is 13.2 Å². The van der Waals surface area contributed by atoms with Crippen molar-refractivity contribution < 1.29 is 33.6 Å². The molecule has 2 atom stereocenters. The Kier molecular flexibility index (Phi) is 7.24.